The normalized spacial score (nSPS) is 11.7. The number of anilines is 3. The summed E-state index contributed by atoms with van der Waals surface area (Å²) in [5, 5.41) is 6.28. The van der Waals surface area contributed by atoms with Gasteiger partial charge >= 0.3 is 0 Å². The van der Waals surface area contributed by atoms with Gasteiger partial charge in [0.15, 0.2) is 0 Å². The van der Waals surface area contributed by atoms with Crippen molar-refractivity contribution in [3.05, 3.63) is 182 Å². The van der Waals surface area contributed by atoms with E-state index >= 15 is 0 Å². The number of thiazole rings is 1. The molecule has 0 saturated heterocycles. The Morgan fingerprint density at radius 2 is 0.926 bits per heavy atom. The Kier molecular flexibility index (Phi) is 7.44. The largest absolute Gasteiger partial charge is 0.310 e. The lowest BCUT2D eigenvalue weighted by molar-refractivity contribution is 1.29. The van der Waals surface area contributed by atoms with Crippen LogP contribution in [-0.2, 0) is 0 Å². The van der Waals surface area contributed by atoms with E-state index in [0.717, 1.165) is 27.6 Å². The van der Waals surface area contributed by atoms with Crippen LogP contribution >= 0.6 is 34.0 Å². The maximum atomic E-state index is 5.01. The maximum absolute atomic E-state index is 5.01. The molecular weight excluding hydrogens is 713 g/mol. The third kappa shape index (κ3) is 5.32. The lowest BCUT2D eigenvalue weighted by atomic mass is 10.0. The van der Waals surface area contributed by atoms with Crippen LogP contribution < -0.4 is 4.90 Å². The zero-order chi connectivity index (χ0) is 35.6. The summed E-state index contributed by atoms with van der Waals surface area (Å²) in [6.07, 6.45) is 0. The minimum Gasteiger partial charge on any atom is -0.310 e. The smallest absolute Gasteiger partial charge is 0.124 e. The molecule has 0 radical (unpaired) electrons. The number of nitrogens with zero attached hydrogens (tertiary/aromatic N) is 2. The molecule has 3 heterocycles. The van der Waals surface area contributed by atoms with Crippen LogP contribution in [0.4, 0.5) is 17.1 Å². The molecule has 0 fully saturated rings. The molecule has 3 aromatic heterocycles. The fourth-order valence-electron chi connectivity index (χ4n) is 7.67. The van der Waals surface area contributed by atoms with E-state index < -0.39 is 0 Å². The number of fused-ring (bicyclic) bond motifs is 8. The third-order valence-corrected chi connectivity index (χ3v) is 13.7. The zero-order valence-corrected chi connectivity index (χ0v) is 31.4. The Morgan fingerprint density at radius 1 is 0.352 bits per heavy atom. The summed E-state index contributed by atoms with van der Waals surface area (Å²) >= 11 is 5.51. The summed E-state index contributed by atoms with van der Waals surface area (Å²) in [5.41, 5.74) is 10.5. The monoisotopic (exact) mass is 742 g/mol. The van der Waals surface area contributed by atoms with E-state index in [2.05, 4.69) is 187 Å². The van der Waals surface area contributed by atoms with Crippen LogP contribution in [0.15, 0.2) is 182 Å². The molecular formula is C49H30N2S3. The Labute approximate surface area is 324 Å². The van der Waals surface area contributed by atoms with Crippen LogP contribution in [0.3, 0.4) is 0 Å². The van der Waals surface area contributed by atoms with Gasteiger partial charge in [-0.2, -0.15) is 0 Å². The second-order valence-corrected chi connectivity index (χ2v) is 16.7. The first-order valence-corrected chi connectivity index (χ1v) is 20.5. The first kappa shape index (κ1) is 31.4. The molecule has 0 amide bonds. The number of benzene rings is 8. The topological polar surface area (TPSA) is 16.1 Å². The zero-order valence-electron chi connectivity index (χ0n) is 28.9. The average molecular weight is 743 g/mol. The van der Waals surface area contributed by atoms with E-state index in [4.69, 9.17) is 4.98 Å². The van der Waals surface area contributed by atoms with Gasteiger partial charge in [-0.05, 0) is 89.0 Å². The number of hydrogen-bond donors (Lipinski definition) is 0. The fraction of sp³-hybridized carbons (Fsp3) is 0. The van der Waals surface area contributed by atoms with Crippen LogP contribution in [0, 0.1) is 0 Å². The van der Waals surface area contributed by atoms with Gasteiger partial charge in [-0.3, -0.25) is 0 Å². The molecule has 0 bridgehead atoms. The van der Waals surface area contributed by atoms with E-state index in [1.165, 1.54) is 72.9 Å². The van der Waals surface area contributed by atoms with E-state index in [1.54, 1.807) is 11.3 Å². The molecule has 54 heavy (non-hydrogen) atoms. The van der Waals surface area contributed by atoms with Crippen LogP contribution in [0.5, 0.6) is 0 Å². The van der Waals surface area contributed by atoms with Gasteiger partial charge in [0.05, 0.1) is 10.2 Å². The number of aromatic nitrogens is 1. The fourth-order valence-corrected chi connectivity index (χ4v) is 11.1. The molecule has 2 nitrogen and oxygen atoms in total. The Hall–Kier alpha value is -6.11. The molecule has 0 unspecified atom stereocenters. The minimum absolute atomic E-state index is 1.07. The second-order valence-electron chi connectivity index (χ2n) is 13.6. The molecule has 5 heteroatoms. The first-order chi connectivity index (χ1) is 26.7. The van der Waals surface area contributed by atoms with Crippen molar-refractivity contribution in [1.29, 1.82) is 0 Å². The van der Waals surface area contributed by atoms with Gasteiger partial charge in [-0.25, -0.2) is 4.98 Å². The highest BCUT2D eigenvalue weighted by Gasteiger charge is 2.17. The predicted molar refractivity (Wildman–Crippen MR) is 236 cm³/mol. The Morgan fingerprint density at radius 3 is 1.69 bits per heavy atom. The van der Waals surface area contributed by atoms with E-state index in [1.807, 2.05) is 22.7 Å². The molecule has 8 aromatic carbocycles. The summed E-state index contributed by atoms with van der Waals surface area (Å²) in [6, 6.07) is 66.0. The summed E-state index contributed by atoms with van der Waals surface area (Å²) in [4.78, 5) is 7.39. The molecule has 11 rings (SSSR count). The lowest BCUT2D eigenvalue weighted by Gasteiger charge is -2.26. The van der Waals surface area contributed by atoms with Gasteiger partial charge in [0.2, 0.25) is 0 Å². The number of hydrogen-bond acceptors (Lipinski definition) is 5. The summed E-state index contributed by atoms with van der Waals surface area (Å²) in [7, 11) is 0. The molecule has 0 aliphatic carbocycles. The standard InChI is InChI=1S/C49H30N2S3/c1-3-9-31(10-4-1)32-15-20-36(21-16-32)51(38-24-27-44-41(30-38)39-13-7-8-14-43(39)52-44)37-22-17-33(18-23-37)35-19-25-40-46(29-35)53-45-28-26-42-48(47(40)45)54-49(50-42)34-11-5-2-6-12-34/h1-30H. The van der Waals surface area contributed by atoms with Crippen LogP contribution in [-0.4, -0.2) is 4.98 Å². The van der Waals surface area contributed by atoms with Crippen molar-refractivity contribution in [3.63, 3.8) is 0 Å². The Balaban J connectivity index is 0.983. The maximum Gasteiger partial charge on any atom is 0.124 e. The average Bonchev–Trinajstić information content (AvgIpc) is 3.95. The van der Waals surface area contributed by atoms with Gasteiger partial charge in [-0.1, -0.05) is 115 Å². The molecule has 0 N–H and O–H groups in total. The number of rotatable bonds is 6. The molecule has 0 aliphatic heterocycles. The molecule has 254 valence electrons. The van der Waals surface area contributed by atoms with Crippen LogP contribution in [0.1, 0.15) is 0 Å². The van der Waals surface area contributed by atoms with Gasteiger partial charge in [0.1, 0.15) is 5.01 Å². The van der Waals surface area contributed by atoms with Gasteiger partial charge in [0.25, 0.3) is 0 Å². The van der Waals surface area contributed by atoms with Gasteiger partial charge in [-0.15, -0.1) is 34.0 Å². The molecule has 0 aliphatic rings. The SMILES string of the molecule is c1ccc(-c2ccc(N(c3ccc(-c4ccc5c(c4)sc4ccc6nc(-c7ccccc7)sc6c45)cc3)c3ccc4sc5ccccc5c4c3)cc2)cc1. The highest BCUT2D eigenvalue weighted by molar-refractivity contribution is 7.28. The molecule has 11 aromatic rings. The first-order valence-electron chi connectivity index (χ1n) is 18.0. The van der Waals surface area contributed by atoms with Gasteiger partial charge < -0.3 is 4.90 Å². The predicted octanol–water partition coefficient (Wildman–Crippen LogP) is 15.5. The minimum atomic E-state index is 1.07. The highest BCUT2D eigenvalue weighted by Crippen LogP contribution is 2.45. The van der Waals surface area contributed by atoms with E-state index in [9.17, 15) is 0 Å². The van der Waals surface area contributed by atoms with E-state index in [0.29, 0.717) is 0 Å². The molecule has 0 atom stereocenters. The summed E-state index contributed by atoms with van der Waals surface area (Å²) in [5.74, 6) is 0. The van der Waals surface area contributed by atoms with Crippen molar-refractivity contribution >= 4 is 102 Å². The third-order valence-electron chi connectivity index (χ3n) is 10.3. The lowest BCUT2D eigenvalue weighted by Crippen LogP contribution is -2.09. The van der Waals surface area contributed by atoms with Crippen molar-refractivity contribution in [3.8, 4) is 32.8 Å². The second kappa shape index (κ2) is 12.8. The summed E-state index contributed by atoms with van der Waals surface area (Å²) < 4.78 is 6.48. The van der Waals surface area contributed by atoms with Crippen molar-refractivity contribution in [2.24, 2.45) is 0 Å². The van der Waals surface area contributed by atoms with E-state index in [-0.39, 0.29) is 0 Å². The summed E-state index contributed by atoms with van der Waals surface area (Å²) in [6.45, 7) is 0. The molecule has 0 saturated carbocycles. The van der Waals surface area contributed by atoms with Crippen molar-refractivity contribution in [1.82, 2.24) is 4.98 Å². The Bertz CT molecular complexity index is 3140. The van der Waals surface area contributed by atoms with Crippen LogP contribution in [0.25, 0.3) is 83.4 Å². The van der Waals surface area contributed by atoms with Crippen molar-refractivity contribution in [2.45, 2.75) is 0 Å². The van der Waals surface area contributed by atoms with Crippen molar-refractivity contribution in [2.75, 3.05) is 4.90 Å². The van der Waals surface area contributed by atoms with Crippen molar-refractivity contribution < 1.29 is 0 Å². The highest BCUT2D eigenvalue weighted by atomic mass is 32.1. The van der Waals surface area contributed by atoms with Gasteiger partial charge in [0, 0.05) is 63.0 Å². The number of thiophene rings is 2. The quantitative estimate of drug-likeness (QED) is 0.169. The van der Waals surface area contributed by atoms with Crippen LogP contribution in [0.2, 0.25) is 0 Å². The molecule has 0 spiro atoms.